The van der Waals surface area contributed by atoms with E-state index in [4.69, 9.17) is 10.5 Å². The number of ether oxygens (including phenoxy) is 1. The van der Waals surface area contributed by atoms with Crippen molar-refractivity contribution in [2.45, 2.75) is 32.2 Å². The van der Waals surface area contributed by atoms with Crippen molar-refractivity contribution in [3.63, 3.8) is 0 Å². The number of rotatable bonds is 4. The van der Waals surface area contributed by atoms with E-state index in [1.807, 2.05) is 6.92 Å². The van der Waals surface area contributed by atoms with E-state index >= 15 is 0 Å². The van der Waals surface area contributed by atoms with Gasteiger partial charge in [0, 0.05) is 16.9 Å². The second kappa shape index (κ2) is 7.48. The first-order valence-electron chi connectivity index (χ1n) is 8.52. The largest absolute Gasteiger partial charge is 0.475 e. The Balaban J connectivity index is 1.87. The van der Waals surface area contributed by atoms with Gasteiger partial charge in [0.2, 0.25) is 0 Å². The first-order valence-corrected chi connectivity index (χ1v) is 8.52. The molecule has 8 heteroatoms. The molecule has 144 valence electrons. The molecule has 1 heterocycles. The smallest absolute Gasteiger partial charge is 0.416 e. The standard InChI is InChI=1S/C19H20F3N3O2/c1-11-4-5-14(10-16(11)23)25-18(26)12-7-13(19(20,21)22)9-15(8-12)27-17-3-2-6-24-17/h4-5,7-10,17,24H,2-3,6,23H2,1H3,(H,25,26). The first kappa shape index (κ1) is 19.0. The minimum Gasteiger partial charge on any atom is -0.475 e. The molecule has 0 spiro atoms. The number of nitrogens with one attached hydrogen (secondary N) is 2. The number of nitrogens with two attached hydrogens (primary N) is 1. The Kier molecular flexibility index (Phi) is 5.27. The van der Waals surface area contributed by atoms with Gasteiger partial charge in [-0.05, 0) is 62.2 Å². The number of carbonyl (C=O) groups excluding carboxylic acids is 1. The van der Waals surface area contributed by atoms with E-state index in [-0.39, 0.29) is 17.5 Å². The van der Waals surface area contributed by atoms with Gasteiger partial charge in [0.15, 0.2) is 0 Å². The van der Waals surface area contributed by atoms with Crippen LogP contribution in [0.4, 0.5) is 24.5 Å². The summed E-state index contributed by atoms with van der Waals surface area (Å²) >= 11 is 0. The number of alkyl halides is 3. The maximum Gasteiger partial charge on any atom is 0.416 e. The molecule has 2 aromatic rings. The Morgan fingerprint density at radius 2 is 2.04 bits per heavy atom. The van der Waals surface area contributed by atoms with Crippen LogP contribution in [-0.2, 0) is 6.18 Å². The van der Waals surface area contributed by atoms with Gasteiger partial charge in [0.25, 0.3) is 5.91 Å². The van der Waals surface area contributed by atoms with E-state index in [0.29, 0.717) is 17.8 Å². The summed E-state index contributed by atoms with van der Waals surface area (Å²) in [6.07, 6.45) is -3.38. The van der Waals surface area contributed by atoms with Crippen LogP contribution >= 0.6 is 0 Å². The van der Waals surface area contributed by atoms with Gasteiger partial charge in [-0.3, -0.25) is 10.1 Å². The van der Waals surface area contributed by atoms with Gasteiger partial charge < -0.3 is 15.8 Å². The Morgan fingerprint density at radius 1 is 1.26 bits per heavy atom. The van der Waals surface area contributed by atoms with Crippen molar-refractivity contribution >= 4 is 17.3 Å². The molecule has 1 fully saturated rings. The Bertz CT molecular complexity index is 847. The molecule has 1 aliphatic heterocycles. The normalized spacial score (nSPS) is 17.0. The van der Waals surface area contributed by atoms with E-state index in [2.05, 4.69) is 10.6 Å². The number of carbonyl (C=O) groups is 1. The average Bonchev–Trinajstić information content (AvgIpc) is 3.10. The fourth-order valence-electron chi connectivity index (χ4n) is 2.80. The van der Waals surface area contributed by atoms with Crippen LogP contribution in [0.25, 0.3) is 0 Å². The van der Waals surface area contributed by atoms with Crippen molar-refractivity contribution in [2.24, 2.45) is 0 Å². The van der Waals surface area contributed by atoms with E-state index in [9.17, 15) is 18.0 Å². The van der Waals surface area contributed by atoms with E-state index in [1.54, 1.807) is 18.2 Å². The third kappa shape index (κ3) is 4.71. The summed E-state index contributed by atoms with van der Waals surface area (Å²) in [5.74, 6) is -0.675. The molecule has 1 amide bonds. The molecule has 27 heavy (non-hydrogen) atoms. The molecule has 0 radical (unpaired) electrons. The monoisotopic (exact) mass is 379 g/mol. The summed E-state index contributed by atoms with van der Waals surface area (Å²) in [5.41, 5.74) is 6.45. The van der Waals surface area contributed by atoms with Gasteiger partial charge >= 0.3 is 6.18 Å². The molecule has 5 nitrogen and oxygen atoms in total. The van der Waals surface area contributed by atoms with Crippen LogP contribution in [0.1, 0.15) is 34.3 Å². The third-order valence-electron chi connectivity index (χ3n) is 4.33. The first-order chi connectivity index (χ1) is 12.7. The minimum absolute atomic E-state index is 0.00204. The van der Waals surface area contributed by atoms with Gasteiger partial charge in [-0.2, -0.15) is 13.2 Å². The van der Waals surface area contributed by atoms with Crippen molar-refractivity contribution in [2.75, 3.05) is 17.6 Å². The maximum atomic E-state index is 13.2. The lowest BCUT2D eigenvalue weighted by Crippen LogP contribution is -2.27. The summed E-state index contributed by atoms with van der Waals surface area (Å²) in [7, 11) is 0. The number of amides is 1. The number of halogens is 3. The van der Waals surface area contributed by atoms with Crippen LogP contribution in [-0.4, -0.2) is 18.7 Å². The average molecular weight is 379 g/mol. The van der Waals surface area contributed by atoms with E-state index in [1.165, 1.54) is 6.07 Å². The number of aryl methyl sites for hydroxylation is 1. The van der Waals surface area contributed by atoms with Crippen molar-refractivity contribution in [1.82, 2.24) is 5.32 Å². The highest BCUT2D eigenvalue weighted by molar-refractivity contribution is 6.04. The fourth-order valence-corrected chi connectivity index (χ4v) is 2.80. The molecular formula is C19H20F3N3O2. The quantitative estimate of drug-likeness (QED) is 0.704. The van der Waals surface area contributed by atoms with Crippen molar-refractivity contribution in [1.29, 1.82) is 0 Å². The lowest BCUT2D eigenvalue weighted by Gasteiger charge is -2.17. The van der Waals surface area contributed by atoms with Crippen LogP contribution < -0.4 is 21.1 Å². The van der Waals surface area contributed by atoms with E-state index < -0.39 is 17.6 Å². The second-order valence-electron chi connectivity index (χ2n) is 6.47. The van der Waals surface area contributed by atoms with Crippen LogP contribution in [0.5, 0.6) is 5.75 Å². The molecule has 0 aliphatic carbocycles. The van der Waals surface area contributed by atoms with Gasteiger partial charge in [-0.1, -0.05) is 6.07 Å². The van der Waals surface area contributed by atoms with Gasteiger partial charge in [0.05, 0.1) is 5.56 Å². The highest BCUT2D eigenvalue weighted by Gasteiger charge is 2.32. The highest BCUT2D eigenvalue weighted by atomic mass is 19.4. The molecule has 1 unspecified atom stereocenters. The molecule has 0 saturated carbocycles. The summed E-state index contributed by atoms with van der Waals surface area (Å²) in [5, 5.41) is 5.61. The van der Waals surface area contributed by atoms with Crippen LogP contribution in [0, 0.1) is 6.92 Å². The predicted molar refractivity (Wildman–Crippen MR) is 96.6 cm³/mol. The number of hydrogen-bond acceptors (Lipinski definition) is 4. The number of hydrogen-bond donors (Lipinski definition) is 3. The molecule has 0 bridgehead atoms. The summed E-state index contributed by atoms with van der Waals surface area (Å²) in [4.78, 5) is 12.5. The number of benzene rings is 2. The zero-order chi connectivity index (χ0) is 19.6. The summed E-state index contributed by atoms with van der Waals surface area (Å²) in [6, 6.07) is 7.93. The summed E-state index contributed by atoms with van der Waals surface area (Å²) < 4.78 is 45.3. The van der Waals surface area contributed by atoms with Gasteiger partial charge in [-0.15, -0.1) is 0 Å². The topological polar surface area (TPSA) is 76.4 Å². The number of anilines is 2. The van der Waals surface area contributed by atoms with Crippen molar-refractivity contribution in [3.8, 4) is 5.75 Å². The molecule has 1 atom stereocenters. The Hall–Kier alpha value is -2.74. The zero-order valence-corrected chi connectivity index (χ0v) is 14.7. The van der Waals surface area contributed by atoms with E-state index in [0.717, 1.165) is 30.7 Å². The zero-order valence-electron chi connectivity index (χ0n) is 14.7. The molecule has 4 N–H and O–H groups in total. The Morgan fingerprint density at radius 3 is 2.67 bits per heavy atom. The molecule has 3 rings (SSSR count). The van der Waals surface area contributed by atoms with Crippen LogP contribution in [0.3, 0.4) is 0 Å². The number of nitrogen functional groups attached to an aromatic ring is 1. The minimum atomic E-state index is -4.59. The lowest BCUT2D eigenvalue weighted by molar-refractivity contribution is -0.137. The van der Waals surface area contributed by atoms with Crippen molar-refractivity contribution < 1.29 is 22.7 Å². The van der Waals surface area contributed by atoms with Crippen molar-refractivity contribution in [3.05, 3.63) is 53.1 Å². The van der Waals surface area contributed by atoms with Crippen LogP contribution in [0.2, 0.25) is 0 Å². The van der Waals surface area contributed by atoms with Crippen LogP contribution in [0.15, 0.2) is 36.4 Å². The second-order valence-corrected chi connectivity index (χ2v) is 6.47. The van der Waals surface area contributed by atoms with Gasteiger partial charge in [0.1, 0.15) is 12.0 Å². The van der Waals surface area contributed by atoms with Gasteiger partial charge in [-0.25, -0.2) is 0 Å². The lowest BCUT2D eigenvalue weighted by atomic mass is 10.1. The third-order valence-corrected chi connectivity index (χ3v) is 4.33. The SMILES string of the molecule is Cc1ccc(NC(=O)c2cc(OC3CCCN3)cc(C(F)(F)F)c2)cc1N. The Labute approximate surface area is 154 Å². The molecular weight excluding hydrogens is 359 g/mol. The molecule has 1 aliphatic rings. The predicted octanol–water partition coefficient (Wildman–Crippen LogP) is 3.94. The highest BCUT2D eigenvalue weighted by Crippen LogP contribution is 2.33. The fraction of sp³-hybridized carbons (Fsp3) is 0.316. The molecule has 0 aromatic heterocycles. The summed E-state index contributed by atoms with van der Waals surface area (Å²) in [6.45, 7) is 2.56. The molecule has 1 saturated heterocycles. The molecule has 2 aromatic carbocycles. The maximum absolute atomic E-state index is 13.2.